The SMILES string of the molecule is CCN1CCOC(CC(=O)Nc2cc(Cl)ccc2OC)C1=O. The smallest absolute Gasteiger partial charge is 0.252 e. The van der Waals surface area contributed by atoms with Crippen LogP contribution in [0, 0.1) is 0 Å². The number of carbonyl (C=O) groups excluding carboxylic acids is 2. The summed E-state index contributed by atoms with van der Waals surface area (Å²) in [5.74, 6) is 0.0302. The van der Waals surface area contributed by atoms with Crippen LogP contribution in [0.15, 0.2) is 18.2 Å². The third-order valence-corrected chi connectivity index (χ3v) is 3.69. The number of likely N-dealkylation sites (N-methyl/N-ethyl adjacent to an activating group) is 1. The molecule has 0 saturated carbocycles. The first-order valence-corrected chi connectivity index (χ1v) is 7.46. The Labute approximate surface area is 134 Å². The minimum absolute atomic E-state index is 0.0367. The lowest BCUT2D eigenvalue weighted by Gasteiger charge is -2.31. The van der Waals surface area contributed by atoms with Gasteiger partial charge >= 0.3 is 0 Å². The number of rotatable bonds is 5. The second-order valence-electron chi connectivity index (χ2n) is 4.87. The van der Waals surface area contributed by atoms with E-state index in [4.69, 9.17) is 21.1 Å². The summed E-state index contributed by atoms with van der Waals surface area (Å²) >= 11 is 5.92. The van der Waals surface area contributed by atoms with Gasteiger partial charge in [-0.3, -0.25) is 9.59 Å². The zero-order valence-corrected chi connectivity index (χ0v) is 13.4. The number of anilines is 1. The summed E-state index contributed by atoms with van der Waals surface area (Å²) in [5.41, 5.74) is 0.468. The molecule has 1 aromatic rings. The van der Waals surface area contributed by atoms with Crippen molar-refractivity contribution in [1.82, 2.24) is 4.90 Å². The Morgan fingerprint density at radius 1 is 1.55 bits per heavy atom. The van der Waals surface area contributed by atoms with Crippen LogP contribution in [0.3, 0.4) is 0 Å². The molecule has 1 atom stereocenters. The molecule has 1 aliphatic heterocycles. The normalized spacial score (nSPS) is 18.2. The van der Waals surface area contributed by atoms with Crippen LogP contribution < -0.4 is 10.1 Å². The Bertz CT molecular complexity index is 564. The number of hydrogen-bond acceptors (Lipinski definition) is 4. The summed E-state index contributed by atoms with van der Waals surface area (Å²) in [4.78, 5) is 25.9. The van der Waals surface area contributed by atoms with Crippen molar-refractivity contribution < 1.29 is 19.1 Å². The Morgan fingerprint density at radius 3 is 3.00 bits per heavy atom. The fourth-order valence-corrected chi connectivity index (χ4v) is 2.47. The molecule has 2 rings (SSSR count). The highest BCUT2D eigenvalue weighted by molar-refractivity contribution is 6.31. The lowest BCUT2D eigenvalue weighted by atomic mass is 10.1. The van der Waals surface area contributed by atoms with E-state index in [1.54, 1.807) is 23.1 Å². The maximum absolute atomic E-state index is 12.1. The molecule has 1 fully saturated rings. The van der Waals surface area contributed by atoms with Gasteiger partial charge < -0.3 is 19.7 Å². The molecule has 0 aromatic heterocycles. The number of nitrogens with one attached hydrogen (secondary N) is 1. The molecule has 6 nitrogen and oxygen atoms in total. The van der Waals surface area contributed by atoms with Gasteiger partial charge in [0.1, 0.15) is 11.9 Å². The molecule has 22 heavy (non-hydrogen) atoms. The zero-order valence-electron chi connectivity index (χ0n) is 12.6. The Kier molecular flexibility index (Phi) is 5.63. The van der Waals surface area contributed by atoms with Crippen LogP contribution in [0.1, 0.15) is 13.3 Å². The van der Waals surface area contributed by atoms with Crippen molar-refractivity contribution in [3.8, 4) is 5.75 Å². The van der Waals surface area contributed by atoms with Crippen LogP contribution in [0.2, 0.25) is 5.02 Å². The van der Waals surface area contributed by atoms with Gasteiger partial charge in [-0.1, -0.05) is 11.6 Å². The van der Waals surface area contributed by atoms with Crippen LogP contribution in [-0.4, -0.2) is 49.6 Å². The van der Waals surface area contributed by atoms with E-state index in [0.717, 1.165) is 0 Å². The van der Waals surface area contributed by atoms with Crippen molar-refractivity contribution >= 4 is 29.1 Å². The lowest BCUT2D eigenvalue weighted by molar-refractivity contribution is -0.154. The second-order valence-corrected chi connectivity index (χ2v) is 5.31. The monoisotopic (exact) mass is 326 g/mol. The number of nitrogens with zero attached hydrogens (tertiary/aromatic N) is 1. The van der Waals surface area contributed by atoms with E-state index in [0.29, 0.717) is 36.2 Å². The highest BCUT2D eigenvalue weighted by atomic mass is 35.5. The number of morpholine rings is 1. The van der Waals surface area contributed by atoms with Crippen LogP contribution in [0.4, 0.5) is 5.69 Å². The second kappa shape index (κ2) is 7.47. The largest absolute Gasteiger partial charge is 0.495 e. The van der Waals surface area contributed by atoms with Crippen LogP contribution in [-0.2, 0) is 14.3 Å². The van der Waals surface area contributed by atoms with Gasteiger partial charge in [-0.15, -0.1) is 0 Å². The molecule has 1 unspecified atom stereocenters. The number of halogens is 1. The molecule has 1 aromatic carbocycles. The molecule has 0 aliphatic carbocycles. The number of amides is 2. The summed E-state index contributed by atoms with van der Waals surface area (Å²) in [7, 11) is 1.51. The third-order valence-electron chi connectivity index (χ3n) is 3.46. The van der Waals surface area contributed by atoms with Crippen molar-refractivity contribution in [2.75, 3.05) is 32.1 Å². The fraction of sp³-hybridized carbons (Fsp3) is 0.467. The van der Waals surface area contributed by atoms with E-state index < -0.39 is 6.10 Å². The highest BCUT2D eigenvalue weighted by Crippen LogP contribution is 2.28. The summed E-state index contributed by atoms with van der Waals surface area (Å²) in [6, 6.07) is 4.93. The van der Waals surface area contributed by atoms with Crippen molar-refractivity contribution in [3.63, 3.8) is 0 Å². The van der Waals surface area contributed by atoms with Gasteiger partial charge in [-0.05, 0) is 25.1 Å². The molecule has 1 heterocycles. The van der Waals surface area contributed by atoms with Gasteiger partial charge in [-0.25, -0.2) is 0 Å². The Hall–Kier alpha value is -1.79. The standard InChI is InChI=1S/C15H19ClN2O4/c1-3-18-6-7-22-13(15(18)20)9-14(19)17-11-8-10(16)4-5-12(11)21-2/h4-5,8,13H,3,6-7,9H2,1-2H3,(H,17,19). The summed E-state index contributed by atoms with van der Waals surface area (Å²) in [6.07, 6.45) is -0.774. The average Bonchev–Trinajstić information content (AvgIpc) is 2.49. The molecule has 2 amide bonds. The van der Waals surface area contributed by atoms with Gasteiger partial charge in [0.2, 0.25) is 5.91 Å². The molecular formula is C15H19ClN2O4. The minimum atomic E-state index is -0.737. The number of carbonyl (C=O) groups is 2. The maximum atomic E-state index is 12.1. The first-order chi connectivity index (χ1) is 10.5. The summed E-state index contributed by atoms with van der Waals surface area (Å²) in [6.45, 7) is 3.52. The highest BCUT2D eigenvalue weighted by Gasteiger charge is 2.30. The van der Waals surface area contributed by atoms with Crippen LogP contribution in [0.5, 0.6) is 5.75 Å². The Morgan fingerprint density at radius 2 is 2.32 bits per heavy atom. The molecule has 120 valence electrons. The Balaban J connectivity index is 2.01. The molecule has 1 aliphatic rings. The predicted molar refractivity (Wildman–Crippen MR) is 83.2 cm³/mol. The maximum Gasteiger partial charge on any atom is 0.252 e. The van der Waals surface area contributed by atoms with E-state index in [9.17, 15) is 9.59 Å². The van der Waals surface area contributed by atoms with Crippen molar-refractivity contribution in [2.24, 2.45) is 0 Å². The van der Waals surface area contributed by atoms with Gasteiger partial charge in [-0.2, -0.15) is 0 Å². The van der Waals surface area contributed by atoms with Crippen molar-refractivity contribution in [1.29, 1.82) is 0 Å². The summed E-state index contributed by atoms with van der Waals surface area (Å²) < 4.78 is 10.6. The lowest BCUT2D eigenvalue weighted by Crippen LogP contribution is -2.48. The summed E-state index contributed by atoms with van der Waals surface area (Å²) in [5, 5.41) is 3.19. The van der Waals surface area contributed by atoms with Gasteiger partial charge in [0.15, 0.2) is 0 Å². The van der Waals surface area contributed by atoms with E-state index >= 15 is 0 Å². The van der Waals surface area contributed by atoms with Gasteiger partial charge in [0, 0.05) is 18.1 Å². The third kappa shape index (κ3) is 3.90. The topological polar surface area (TPSA) is 67.9 Å². The fourth-order valence-electron chi connectivity index (χ4n) is 2.30. The molecule has 0 bridgehead atoms. The first-order valence-electron chi connectivity index (χ1n) is 7.09. The minimum Gasteiger partial charge on any atom is -0.495 e. The van der Waals surface area contributed by atoms with Gasteiger partial charge in [0.25, 0.3) is 5.91 Å². The van der Waals surface area contributed by atoms with E-state index in [-0.39, 0.29) is 18.2 Å². The van der Waals surface area contributed by atoms with Crippen molar-refractivity contribution in [2.45, 2.75) is 19.4 Å². The molecular weight excluding hydrogens is 308 g/mol. The molecule has 1 saturated heterocycles. The van der Waals surface area contributed by atoms with E-state index in [1.165, 1.54) is 7.11 Å². The molecule has 0 radical (unpaired) electrons. The number of benzene rings is 1. The molecule has 0 spiro atoms. The van der Waals surface area contributed by atoms with Crippen LogP contribution >= 0.6 is 11.6 Å². The molecule has 1 N–H and O–H groups in total. The average molecular weight is 327 g/mol. The quantitative estimate of drug-likeness (QED) is 0.897. The number of ether oxygens (including phenoxy) is 2. The first kappa shape index (κ1) is 16.6. The predicted octanol–water partition coefficient (Wildman–Crippen LogP) is 1.92. The zero-order chi connectivity index (χ0) is 16.1. The van der Waals surface area contributed by atoms with Crippen LogP contribution in [0.25, 0.3) is 0 Å². The van der Waals surface area contributed by atoms with Crippen molar-refractivity contribution in [3.05, 3.63) is 23.2 Å². The van der Waals surface area contributed by atoms with E-state index in [1.807, 2.05) is 6.92 Å². The van der Waals surface area contributed by atoms with E-state index in [2.05, 4.69) is 5.32 Å². The number of methoxy groups -OCH3 is 1. The molecule has 7 heteroatoms. The van der Waals surface area contributed by atoms with Gasteiger partial charge in [0.05, 0.1) is 25.8 Å². The number of hydrogen-bond donors (Lipinski definition) is 1.